The highest BCUT2D eigenvalue weighted by Crippen LogP contribution is 2.44. The van der Waals surface area contributed by atoms with Gasteiger partial charge in [0.25, 0.3) is 0 Å². The highest BCUT2D eigenvalue weighted by atomic mass is 16.5. The van der Waals surface area contributed by atoms with Gasteiger partial charge in [-0.15, -0.1) is 0 Å². The summed E-state index contributed by atoms with van der Waals surface area (Å²) in [5.74, 6) is -1.78. The molecule has 0 spiro atoms. The third-order valence-electron chi connectivity index (χ3n) is 5.53. The maximum Gasteiger partial charge on any atom is 0.407 e. The summed E-state index contributed by atoms with van der Waals surface area (Å²) in [5, 5.41) is 14.1. The average Bonchev–Trinajstić information content (AvgIpc) is 3.13. The van der Waals surface area contributed by atoms with Crippen LogP contribution < -0.4 is 10.6 Å². The first-order valence-corrected chi connectivity index (χ1v) is 10.6. The summed E-state index contributed by atoms with van der Waals surface area (Å²) in [7, 11) is 2.75. The molecule has 9 nitrogen and oxygen atoms in total. The number of carboxylic acids is 1. The molecule has 0 heterocycles. The SMILES string of the molecule is COC[C@H](NC(=O)CC(CNC(=O)OCC1c2ccccc2-c2ccccc21)OC)C(=O)O. The summed E-state index contributed by atoms with van der Waals surface area (Å²) in [4.78, 5) is 35.6. The van der Waals surface area contributed by atoms with Crippen LogP contribution in [0.5, 0.6) is 0 Å². The van der Waals surface area contributed by atoms with Crippen molar-refractivity contribution in [2.45, 2.75) is 24.5 Å². The van der Waals surface area contributed by atoms with Crippen molar-refractivity contribution in [3.63, 3.8) is 0 Å². The van der Waals surface area contributed by atoms with Gasteiger partial charge in [-0.1, -0.05) is 48.5 Å². The molecule has 0 saturated carbocycles. The monoisotopic (exact) mass is 456 g/mol. The summed E-state index contributed by atoms with van der Waals surface area (Å²) in [5.41, 5.74) is 4.50. The highest BCUT2D eigenvalue weighted by Gasteiger charge is 2.29. The Morgan fingerprint density at radius 3 is 2.15 bits per heavy atom. The van der Waals surface area contributed by atoms with Crippen LogP contribution in [0.15, 0.2) is 48.5 Å². The number of alkyl carbamates (subject to hydrolysis) is 1. The number of hydrogen-bond donors (Lipinski definition) is 3. The molecule has 2 aromatic rings. The molecular formula is C24H28N2O7. The summed E-state index contributed by atoms with van der Waals surface area (Å²) < 4.78 is 15.5. The third-order valence-corrected chi connectivity index (χ3v) is 5.53. The number of benzene rings is 2. The van der Waals surface area contributed by atoms with E-state index in [1.54, 1.807) is 0 Å². The van der Waals surface area contributed by atoms with Crippen molar-refractivity contribution < 1.29 is 33.7 Å². The van der Waals surface area contributed by atoms with E-state index in [1.807, 2.05) is 36.4 Å². The third kappa shape index (κ3) is 6.09. The van der Waals surface area contributed by atoms with Crippen LogP contribution in [0.25, 0.3) is 11.1 Å². The standard InChI is InChI=1S/C24H28N2O7/c1-31-14-21(23(28)29)26-22(27)11-15(32-2)12-25-24(30)33-13-20-18-9-5-3-7-16(18)17-8-4-6-10-19(17)20/h3-10,15,20-21H,11-14H2,1-2H3,(H,25,30)(H,26,27)(H,28,29)/t15?,21-/m0/s1. The smallest absolute Gasteiger partial charge is 0.407 e. The minimum absolute atomic E-state index is 0.0304. The Balaban J connectivity index is 1.50. The number of nitrogens with one attached hydrogen (secondary N) is 2. The second kappa shape index (κ2) is 11.4. The summed E-state index contributed by atoms with van der Waals surface area (Å²) in [6.45, 7) is 0.0502. The predicted molar refractivity (Wildman–Crippen MR) is 120 cm³/mol. The minimum atomic E-state index is -1.20. The molecule has 0 bridgehead atoms. The van der Waals surface area contributed by atoms with Gasteiger partial charge in [0.15, 0.2) is 6.04 Å². The molecule has 1 aliphatic rings. The molecule has 9 heteroatoms. The number of hydrogen-bond acceptors (Lipinski definition) is 6. The lowest BCUT2D eigenvalue weighted by Gasteiger charge is -2.19. The van der Waals surface area contributed by atoms with Crippen LogP contribution in [0.4, 0.5) is 4.79 Å². The summed E-state index contributed by atoms with van der Waals surface area (Å²) >= 11 is 0. The number of carbonyl (C=O) groups excluding carboxylic acids is 2. The first-order chi connectivity index (χ1) is 15.9. The largest absolute Gasteiger partial charge is 0.480 e. The Hall–Kier alpha value is -3.43. The summed E-state index contributed by atoms with van der Waals surface area (Å²) in [6, 6.07) is 14.9. The highest BCUT2D eigenvalue weighted by molar-refractivity contribution is 5.84. The van der Waals surface area contributed by atoms with Crippen LogP contribution in [0.2, 0.25) is 0 Å². The van der Waals surface area contributed by atoms with Crippen molar-refractivity contribution in [2.75, 3.05) is 34.0 Å². The van der Waals surface area contributed by atoms with Gasteiger partial charge in [-0.2, -0.15) is 0 Å². The molecule has 2 amide bonds. The van der Waals surface area contributed by atoms with E-state index < -0.39 is 30.1 Å². The lowest BCUT2D eigenvalue weighted by molar-refractivity contribution is -0.143. The van der Waals surface area contributed by atoms with Gasteiger partial charge < -0.3 is 30.0 Å². The van der Waals surface area contributed by atoms with Gasteiger partial charge in [0.05, 0.1) is 19.1 Å². The van der Waals surface area contributed by atoms with E-state index >= 15 is 0 Å². The number of carbonyl (C=O) groups is 3. The zero-order valence-electron chi connectivity index (χ0n) is 18.6. The first-order valence-electron chi connectivity index (χ1n) is 10.6. The maximum atomic E-state index is 12.3. The Labute approximate surface area is 192 Å². The number of amides is 2. The number of rotatable bonds is 11. The second-order valence-corrected chi connectivity index (χ2v) is 7.68. The Bertz CT molecular complexity index is 949. The minimum Gasteiger partial charge on any atom is -0.480 e. The van der Waals surface area contributed by atoms with E-state index in [0.717, 1.165) is 22.3 Å². The molecule has 1 unspecified atom stereocenters. The van der Waals surface area contributed by atoms with Gasteiger partial charge in [0, 0.05) is 26.7 Å². The maximum absolute atomic E-state index is 12.3. The van der Waals surface area contributed by atoms with Crippen LogP contribution in [0.3, 0.4) is 0 Å². The van der Waals surface area contributed by atoms with Crippen LogP contribution in [0.1, 0.15) is 23.5 Å². The molecule has 2 atom stereocenters. The molecule has 2 aromatic carbocycles. The zero-order chi connectivity index (χ0) is 23.8. The van der Waals surface area contributed by atoms with Crippen LogP contribution in [-0.2, 0) is 23.8 Å². The lowest BCUT2D eigenvalue weighted by Crippen LogP contribution is -2.46. The Morgan fingerprint density at radius 1 is 1.00 bits per heavy atom. The van der Waals surface area contributed by atoms with E-state index in [2.05, 4.69) is 22.8 Å². The molecular weight excluding hydrogens is 428 g/mol. The molecule has 1 aliphatic carbocycles. The van der Waals surface area contributed by atoms with E-state index in [-0.39, 0.29) is 32.1 Å². The molecule has 0 radical (unpaired) electrons. The van der Waals surface area contributed by atoms with Gasteiger partial charge in [0.2, 0.25) is 5.91 Å². The fourth-order valence-electron chi connectivity index (χ4n) is 3.89. The van der Waals surface area contributed by atoms with E-state index in [0.29, 0.717) is 0 Å². The second-order valence-electron chi connectivity index (χ2n) is 7.68. The van der Waals surface area contributed by atoms with Crippen molar-refractivity contribution in [2.24, 2.45) is 0 Å². The molecule has 3 rings (SSSR count). The van der Waals surface area contributed by atoms with E-state index in [9.17, 15) is 14.4 Å². The van der Waals surface area contributed by atoms with Crippen molar-refractivity contribution in [3.05, 3.63) is 59.7 Å². The van der Waals surface area contributed by atoms with Crippen molar-refractivity contribution >= 4 is 18.0 Å². The quantitative estimate of drug-likeness (QED) is 0.473. The van der Waals surface area contributed by atoms with Gasteiger partial charge >= 0.3 is 12.1 Å². The average molecular weight is 456 g/mol. The van der Waals surface area contributed by atoms with Crippen LogP contribution in [-0.4, -0.2) is 69.2 Å². The Morgan fingerprint density at radius 2 is 1.61 bits per heavy atom. The lowest BCUT2D eigenvalue weighted by atomic mass is 9.98. The van der Waals surface area contributed by atoms with Crippen molar-refractivity contribution in [1.29, 1.82) is 0 Å². The van der Waals surface area contributed by atoms with Crippen LogP contribution in [0, 0.1) is 0 Å². The zero-order valence-corrected chi connectivity index (χ0v) is 18.6. The number of ether oxygens (including phenoxy) is 3. The number of carboxylic acid groups (broad SMARTS) is 1. The van der Waals surface area contributed by atoms with Gasteiger partial charge in [-0.05, 0) is 22.3 Å². The molecule has 0 aromatic heterocycles. The Kier molecular flexibility index (Phi) is 8.39. The molecule has 176 valence electrons. The summed E-state index contributed by atoms with van der Waals surface area (Å²) in [6.07, 6.45) is -1.40. The van der Waals surface area contributed by atoms with Crippen molar-refractivity contribution in [1.82, 2.24) is 10.6 Å². The van der Waals surface area contributed by atoms with Crippen molar-refractivity contribution in [3.8, 4) is 11.1 Å². The molecule has 3 N–H and O–H groups in total. The number of aliphatic carboxylic acids is 1. The topological polar surface area (TPSA) is 123 Å². The predicted octanol–water partition coefficient (Wildman–Crippen LogP) is 2.15. The van der Waals surface area contributed by atoms with Gasteiger partial charge in [0.1, 0.15) is 6.61 Å². The van der Waals surface area contributed by atoms with Gasteiger partial charge in [-0.3, -0.25) is 4.79 Å². The molecule has 0 saturated heterocycles. The van der Waals surface area contributed by atoms with E-state index in [4.69, 9.17) is 19.3 Å². The fraction of sp³-hybridized carbons (Fsp3) is 0.375. The van der Waals surface area contributed by atoms with E-state index in [1.165, 1.54) is 14.2 Å². The van der Waals surface area contributed by atoms with Crippen LogP contribution >= 0.6 is 0 Å². The fourth-order valence-corrected chi connectivity index (χ4v) is 3.89. The number of methoxy groups -OCH3 is 2. The first kappa shape index (κ1) is 24.2. The number of fused-ring (bicyclic) bond motifs is 3. The molecule has 0 fully saturated rings. The molecule has 33 heavy (non-hydrogen) atoms. The van der Waals surface area contributed by atoms with Gasteiger partial charge in [-0.25, -0.2) is 9.59 Å². The normalized spacial score (nSPS) is 14.0. The molecule has 0 aliphatic heterocycles.